The number of benzene rings is 9. The van der Waals surface area contributed by atoms with Crippen molar-refractivity contribution in [2.24, 2.45) is 0 Å². The zero-order chi connectivity index (χ0) is 34.5. The van der Waals surface area contributed by atoms with Crippen LogP contribution in [0.3, 0.4) is 0 Å². The molecule has 0 aliphatic carbocycles. The van der Waals surface area contributed by atoms with Gasteiger partial charge in [-0.3, -0.25) is 0 Å². The molecule has 0 atom stereocenters. The molecule has 0 aromatic heterocycles. The van der Waals surface area contributed by atoms with E-state index >= 15 is 0 Å². The van der Waals surface area contributed by atoms with Crippen molar-refractivity contribution in [3.05, 3.63) is 229 Å². The molecule has 0 bridgehead atoms. The lowest BCUT2D eigenvalue weighted by Crippen LogP contribution is -2.34. The van der Waals surface area contributed by atoms with E-state index in [9.17, 15) is 0 Å². The lowest BCUT2D eigenvalue weighted by atomic mass is 9.63. The van der Waals surface area contributed by atoms with E-state index in [1.165, 1.54) is 54.9 Å². The van der Waals surface area contributed by atoms with E-state index in [0.29, 0.717) is 0 Å². The number of para-hydroxylation sites is 1. The largest absolute Gasteiger partial charge is 0.457 e. The van der Waals surface area contributed by atoms with Crippen molar-refractivity contribution in [1.82, 2.24) is 0 Å². The van der Waals surface area contributed by atoms with Gasteiger partial charge in [-0.05, 0) is 78.2 Å². The molecule has 1 nitrogen and oxygen atoms in total. The Hall–Kier alpha value is -6.70. The summed E-state index contributed by atoms with van der Waals surface area (Å²) in [6.45, 7) is 0. The van der Waals surface area contributed by atoms with Gasteiger partial charge in [-0.15, -0.1) is 0 Å². The van der Waals surface area contributed by atoms with Gasteiger partial charge in [-0.25, -0.2) is 0 Å². The van der Waals surface area contributed by atoms with Crippen LogP contribution in [0.4, 0.5) is 0 Å². The van der Waals surface area contributed by atoms with Crippen molar-refractivity contribution in [1.29, 1.82) is 0 Å². The first-order valence-corrected chi connectivity index (χ1v) is 17.9. The van der Waals surface area contributed by atoms with Crippen LogP contribution in [0.25, 0.3) is 54.9 Å². The summed E-state index contributed by atoms with van der Waals surface area (Å²) >= 11 is 0. The summed E-state index contributed by atoms with van der Waals surface area (Å²) in [6.07, 6.45) is 0. The number of rotatable bonds is 5. The van der Waals surface area contributed by atoms with Gasteiger partial charge in [0.15, 0.2) is 0 Å². The average molecular weight is 663 g/mol. The normalized spacial score (nSPS) is 12.9. The fraction of sp³-hybridized carbons (Fsp3) is 0.0196. The molecule has 9 aromatic carbocycles. The zero-order valence-corrected chi connectivity index (χ0v) is 28.5. The van der Waals surface area contributed by atoms with Gasteiger partial charge in [0.25, 0.3) is 0 Å². The van der Waals surface area contributed by atoms with Gasteiger partial charge in [0.05, 0.1) is 5.41 Å². The first kappa shape index (κ1) is 30.2. The van der Waals surface area contributed by atoms with E-state index in [1.54, 1.807) is 0 Å². The third kappa shape index (κ3) is 4.63. The van der Waals surface area contributed by atoms with Gasteiger partial charge in [0, 0.05) is 11.1 Å². The summed E-state index contributed by atoms with van der Waals surface area (Å²) < 4.78 is 6.78. The van der Waals surface area contributed by atoms with Gasteiger partial charge in [-0.2, -0.15) is 0 Å². The number of fused-ring (bicyclic) bond motifs is 5. The topological polar surface area (TPSA) is 9.23 Å². The lowest BCUT2D eigenvalue weighted by Gasteiger charge is -2.41. The van der Waals surface area contributed by atoms with E-state index in [-0.39, 0.29) is 0 Å². The second kappa shape index (κ2) is 12.3. The first-order valence-electron chi connectivity index (χ1n) is 17.9. The maximum atomic E-state index is 6.78. The molecule has 1 heteroatoms. The lowest BCUT2D eigenvalue weighted by molar-refractivity contribution is 0.435. The SMILES string of the molecule is c1ccc(-c2c(-c3ccc(-c4ccc5c(c4)Oc4ccccc4C5(c4ccccc4)c4ccccc4)cc3)c3ccccc3c3ccccc23)cc1. The van der Waals surface area contributed by atoms with E-state index in [1.807, 2.05) is 0 Å². The van der Waals surface area contributed by atoms with Crippen molar-refractivity contribution in [3.8, 4) is 44.9 Å². The molecular weight excluding hydrogens is 629 g/mol. The van der Waals surface area contributed by atoms with Gasteiger partial charge in [-0.1, -0.05) is 194 Å². The van der Waals surface area contributed by atoms with E-state index in [2.05, 4.69) is 206 Å². The first-order chi connectivity index (χ1) is 25.8. The Bertz CT molecular complexity index is 2690. The summed E-state index contributed by atoms with van der Waals surface area (Å²) in [7, 11) is 0. The molecule has 0 N–H and O–H groups in total. The molecule has 0 radical (unpaired) electrons. The highest BCUT2D eigenvalue weighted by Gasteiger charge is 2.45. The number of hydrogen-bond acceptors (Lipinski definition) is 1. The maximum absolute atomic E-state index is 6.78. The third-order valence-corrected chi connectivity index (χ3v) is 10.8. The Morgan fingerprint density at radius 2 is 0.712 bits per heavy atom. The molecule has 0 amide bonds. The standard InChI is InChI=1S/C51H34O/c1-4-16-36(17-5-1)49-43-24-12-10-22-41(43)42-23-11-13-25-44(42)50(49)37-30-28-35(29-31-37)38-32-33-46-48(34-38)52-47-27-15-14-26-45(47)51(46,39-18-6-2-7-19-39)40-20-8-3-9-21-40/h1-34H. The van der Waals surface area contributed by atoms with E-state index < -0.39 is 5.41 Å². The van der Waals surface area contributed by atoms with Crippen molar-refractivity contribution in [3.63, 3.8) is 0 Å². The summed E-state index contributed by atoms with van der Waals surface area (Å²) in [5.74, 6) is 1.76. The molecule has 1 aliphatic heterocycles. The minimum absolute atomic E-state index is 0.528. The molecule has 0 spiro atoms. The summed E-state index contributed by atoms with van der Waals surface area (Å²) in [4.78, 5) is 0. The van der Waals surface area contributed by atoms with Crippen LogP contribution in [0, 0.1) is 0 Å². The van der Waals surface area contributed by atoms with Crippen LogP contribution in [0.15, 0.2) is 206 Å². The van der Waals surface area contributed by atoms with Crippen molar-refractivity contribution in [2.45, 2.75) is 5.41 Å². The number of ether oxygens (including phenoxy) is 1. The minimum atomic E-state index is -0.528. The monoisotopic (exact) mass is 662 g/mol. The molecular formula is C51H34O. The second-order valence-corrected chi connectivity index (χ2v) is 13.6. The van der Waals surface area contributed by atoms with Gasteiger partial charge >= 0.3 is 0 Å². The maximum Gasteiger partial charge on any atom is 0.132 e. The molecule has 0 saturated heterocycles. The molecule has 9 aromatic rings. The minimum Gasteiger partial charge on any atom is -0.457 e. The Labute approximate surface area is 304 Å². The Kier molecular flexibility index (Phi) is 7.11. The highest BCUT2D eigenvalue weighted by atomic mass is 16.5. The fourth-order valence-electron chi connectivity index (χ4n) is 8.57. The van der Waals surface area contributed by atoms with Crippen molar-refractivity contribution >= 4 is 21.5 Å². The van der Waals surface area contributed by atoms with Crippen molar-refractivity contribution in [2.75, 3.05) is 0 Å². The van der Waals surface area contributed by atoms with Crippen molar-refractivity contribution < 1.29 is 4.74 Å². The van der Waals surface area contributed by atoms with Crippen LogP contribution in [0.1, 0.15) is 22.3 Å². The Morgan fingerprint density at radius 3 is 1.31 bits per heavy atom. The Balaban J connectivity index is 1.14. The Morgan fingerprint density at radius 1 is 0.288 bits per heavy atom. The summed E-state index contributed by atoms with van der Waals surface area (Å²) in [5.41, 5.74) is 11.4. The van der Waals surface area contributed by atoms with Crippen LogP contribution < -0.4 is 4.74 Å². The van der Waals surface area contributed by atoms with Gasteiger partial charge in [0.2, 0.25) is 0 Å². The molecule has 0 saturated carbocycles. The predicted octanol–water partition coefficient (Wildman–Crippen LogP) is 13.5. The smallest absolute Gasteiger partial charge is 0.132 e. The third-order valence-electron chi connectivity index (χ3n) is 10.8. The van der Waals surface area contributed by atoms with E-state index in [4.69, 9.17) is 4.74 Å². The van der Waals surface area contributed by atoms with Crippen LogP contribution in [0.5, 0.6) is 11.5 Å². The van der Waals surface area contributed by atoms with Crippen LogP contribution >= 0.6 is 0 Å². The quantitative estimate of drug-likeness (QED) is 0.167. The molecule has 244 valence electrons. The van der Waals surface area contributed by atoms with Gasteiger partial charge < -0.3 is 4.74 Å². The van der Waals surface area contributed by atoms with Crippen LogP contribution in [0.2, 0.25) is 0 Å². The molecule has 0 unspecified atom stereocenters. The molecule has 1 heterocycles. The highest BCUT2D eigenvalue weighted by molar-refractivity contribution is 6.21. The molecule has 10 rings (SSSR count). The fourth-order valence-corrected chi connectivity index (χ4v) is 8.57. The summed E-state index contributed by atoms with van der Waals surface area (Å²) in [6, 6.07) is 74.4. The predicted molar refractivity (Wildman–Crippen MR) is 216 cm³/mol. The number of hydrogen-bond donors (Lipinski definition) is 0. The van der Waals surface area contributed by atoms with Crippen LogP contribution in [-0.4, -0.2) is 0 Å². The second-order valence-electron chi connectivity index (χ2n) is 13.6. The van der Waals surface area contributed by atoms with E-state index in [0.717, 1.165) is 33.8 Å². The van der Waals surface area contributed by atoms with Crippen LogP contribution in [-0.2, 0) is 5.41 Å². The zero-order valence-electron chi connectivity index (χ0n) is 28.5. The average Bonchev–Trinajstić information content (AvgIpc) is 3.23. The van der Waals surface area contributed by atoms with Gasteiger partial charge in [0.1, 0.15) is 11.5 Å². The highest BCUT2D eigenvalue weighted by Crippen LogP contribution is 2.56. The molecule has 1 aliphatic rings. The molecule has 0 fully saturated rings. The summed E-state index contributed by atoms with van der Waals surface area (Å²) in [5, 5.41) is 5.06. The molecule has 52 heavy (non-hydrogen) atoms.